The van der Waals surface area contributed by atoms with E-state index >= 15 is 0 Å². The summed E-state index contributed by atoms with van der Waals surface area (Å²) in [5.74, 6) is -0.166. The molecule has 0 atom stereocenters. The van der Waals surface area contributed by atoms with Crippen LogP contribution in [-0.4, -0.2) is 39.4 Å². The number of sulfone groups is 1. The van der Waals surface area contributed by atoms with Crippen LogP contribution >= 0.6 is 0 Å². The first-order valence-corrected chi connectivity index (χ1v) is 10.1. The monoisotopic (exact) mass is 410 g/mol. The Hall–Kier alpha value is -2.75. The molecule has 0 aromatic carbocycles. The number of aryl methyl sites for hydroxylation is 1. The molecule has 0 bridgehead atoms. The van der Waals surface area contributed by atoms with Crippen molar-refractivity contribution in [2.45, 2.75) is 13.1 Å². The maximum Gasteiger partial charge on any atom is 0.417 e. The Kier molecular flexibility index (Phi) is 5.24. The Bertz CT molecular complexity index is 1140. The molecule has 3 rings (SSSR count). The number of pyridine rings is 2. The van der Waals surface area contributed by atoms with Crippen molar-refractivity contribution >= 4 is 32.7 Å². The lowest BCUT2D eigenvalue weighted by atomic mass is 10.2. The highest BCUT2D eigenvalue weighted by atomic mass is 32.2. The number of hydrogen-bond donors (Lipinski definition) is 0. The molecule has 148 valence electrons. The highest BCUT2D eigenvalue weighted by Gasteiger charge is 2.32. The van der Waals surface area contributed by atoms with E-state index in [1.165, 1.54) is 11.5 Å². The van der Waals surface area contributed by atoms with E-state index in [0.29, 0.717) is 11.3 Å². The summed E-state index contributed by atoms with van der Waals surface area (Å²) < 4.78 is 64.8. The number of rotatable bonds is 5. The summed E-state index contributed by atoms with van der Waals surface area (Å²) >= 11 is 0. The Morgan fingerprint density at radius 3 is 2.61 bits per heavy atom. The third-order valence-electron chi connectivity index (χ3n) is 4.15. The molecule has 6 nitrogen and oxygen atoms in total. The van der Waals surface area contributed by atoms with Crippen LogP contribution in [0.2, 0.25) is 0 Å². The van der Waals surface area contributed by atoms with E-state index in [0.717, 1.165) is 12.3 Å². The van der Waals surface area contributed by atoms with Gasteiger partial charge in [0.2, 0.25) is 0 Å². The zero-order valence-corrected chi connectivity index (χ0v) is 15.9. The van der Waals surface area contributed by atoms with E-state index in [-0.39, 0.29) is 28.5 Å². The van der Waals surface area contributed by atoms with Gasteiger partial charge in [-0.15, -0.1) is 0 Å². The summed E-state index contributed by atoms with van der Waals surface area (Å²) in [6, 6.07) is 6.06. The summed E-state index contributed by atoms with van der Waals surface area (Å²) in [5, 5.41) is 0. The van der Waals surface area contributed by atoms with Crippen molar-refractivity contribution in [3.05, 3.63) is 53.7 Å². The van der Waals surface area contributed by atoms with E-state index in [4.69, 9.17) is 0 Å². The Morgan fingerprint density at radius 2 is 2.00 bits per heavy atom. The molecule has 10 heteroatoms. The molecule has 28 heavy (non-hydrogen) atoms. The molecular formula is C18H17F3N4O2S. The molecule has 0 N–H and O–H groups in total. The van der Waals surface area contributed by atoms with E-state index in [9.17, 15) is 21.6 Å². The van der Waals surface area contributed by atoms with Gasteiger partial charge < -0.3 is 4.57 Å². The topological polar surface area (TPSA) is 77.7 Å². The molecule has 0 radical (unpaired) electrons. The van der Waals surface area contributed by atoms with Gasteiger partial charge in [-0.2, -0.15) is 13.2 Å². The minimum Gasteiger partial charge on any atom is -0.312 e. The first-order chi connectivity index (χ1) is 13.1. The molecule has 0 amide bonds. The number of aromatic nitrogens is 4. The van der Waals surface area contributed by atoms with Crippen LogP contribution in [0.25, 0.3) is 22.8 Å². The lowest BCUT2D eigenvalue weighted by Crippen LogP contribution is -2.12. The van der Waals surface area contributed by atoms with Gasteiger partial charge in [0.05, 0.1) is 17.0 Å². The highest BCUT2D eigenvalue weighted by Crippen LogP contribution is 2.31. The van der Waals surface area contributed by atoms with Gasteiger partial charge in [0.1, 0.15) is 11.3 Å². The number of nitrogens with zero attached hydrogens (tertiary/aromatic N) is 4. The highest BCUT2D eigenvalue weighted by molar-refractivity contribution is 7.91. The second kappa shape index (κ2) is 7.34. The fourth-order valence-electron chi connectivity index (χ4n) is 2.67. The van der Waals surface area contributed by atoms with Gasteiger partial charge in [-0.25, -0.2) is 18.4 Å². The van der Waals surface area contributed by atoms with Gasteiger partial charge in [-0.1, -0.05) is 13.0 Å². The van der Waals surface area contributed by atoms with E-state index in [1.807, 2.05) is 0 Å². The van der Waals surface area contributed by atoms with Gasteiger partial charge in [-0.3, -0.25) is 4.98 Å². The van der Waals surface area contributed by atoms with E-state index in [2.05, 4.69) is 15.0 Å². The molecule has 0 aliphatic carbocycles. The number of fused-ring (bicyclic) bond motifs is 1. The van der Waals surface area contributed by atoms with Crippen molar-refractivity contribution in [1.82, 2.24) is 19.5 Å². The standard InChI is InChI=1S/C18H17F3N4O2S/c1-3-28(26,27)11-12(8-14-6-4-5-7-22-14)16-24-15-9-13(18(19,20)21)10-23-17(15)25(16)2/h4-10H,3,11H2,1-2H3/b12-8+. The van der Waals surface area contributed by atoms with E-state index < -0.39 is 21.6 Å². The maximum atomic E-state index is 13.0. The van der Waals surface area contributed by atoms with Crippen LogP contribution < -0.4 is 0 Å². The molecule has 0 saturated heterocycles. The molecule has 3 heterocycles. The minimum absolute atomic E-state index is 0.0353. The average Bonchev–Trinajstić information content (AvgIpc) is 2.97. The van der Waals surface area contributed by atoms with Crippen LogP contribution in [0, 0.1) is 0 Å². The van der Waals surface area contributed by atoms with Gasteiger partial charge in [0.15, 0.2) is 15.5 Å². The minimum atomic E-state index is -4.54. The predicted octanol–water partition coefficient (Wildman–Crippen LogP) is 3.36. The first-order valence-electron chi connectivity index (χ1n) is 8.33. The zero-order valence-electron chi connectivity index (χ0n) is 15.1. The summed E-state index contributed by atoms with van der Waals surface area (Å²) in [7, 11) is -1.84. The van der Waals surface area contributed by atoms with E-state index in [1.54, 1.807) is 37.5 Å². The predicted molar refractivity (Wildman–Crippen MR) is 99.9 cm³/mol. The van der Waals surface area contributed by atoms with Crippen LogP contribution in [0.5, 0.6) is 0 Å². The van der Waals surface area contributed by atoms with Crippen molar-refractivity contribution in [2.75, 3.05) is 11.5 Å². The molecule has 0 unspecified atom stereocenters. The largest absolute Gasteiger partial charge is 0.417 e. The number of hydrogen-bond acceptors (Lipinski definition) is 5. The average molecular weight is 410 g/mol. The lowest BCUT2D eigenvalue weighted by Gasteiger charge is -2.08. The molecular weight excluding hydrogens is 393 g/mol. The summed E-state index contributed by atoms with van der Waals surface area (Å²) in [5.41, 5.74) is 0.187. The second-order valence-electron chi connectivity index (χ2n) is 6.16. The molecule has 0 aliphatic rings. The molecule has 0 aliphatic heterocycles. The van der Waals surface area contributed by atoms with Crippen molar-refractivity contribution in [2.24, 2.45) is 7.05 Å². The summed E-state index contributed by atoms with van der Waals surface area (Å²) in [6.07, 6.45) is -0.682. The Balaban J connectivity index is 2.18. The fourth-order valence-corrected chi connectivity index (χ4v) is 3.56. The van der Waals surface area contributed by atoms with Crippen molar-refractivity contribution in [3.8, 4) is 0 Å². The van der Waals surface area contributed by atoms with Crippen LogP contribution in [0.15, 0.2) is 36.7 Å². The first kappa shape index (κ1) is 20.0. The molecule has 3 aromatic rings. The second-order valence-corrected chi connectivity index (χ2v) is 8.51. The normalized spacial score (nSPS) is 13.2. The Labute approximate surface area is 159 Å². The number of imidazole rings is 1. The SMILES string of the molecule is CCS(=O)(=O)C/C(=C\c1ccccn1)c1nc2cc(C(F)(F)F)cnc2n1C. The number of halogens is 3. The van der Waals surface area contributed by atoms with Crippen LogP contribution in [0.1, 0.15) is 24.0 Å². The van der Waals surface area contributed by atoms with Crippen molar-refractivity contribution in [1.29, 1.82) is 0 Å². The lowest BCUT2D eigenvalue weighted by molar-refractivity contribution is -0.137. The van der Waals surface area contributed by atoms with Gasteiger partial charge in [-0.05, 0) is 24.3 Å². The van der Waals surface area contributed by atoms with Gasteiger partial charge in [0, 0.05) is 30.8 Å². The molecule has 0 spiro atoms. The fraction of sp³-hybridized carbons (Fsp3) is 0.278. The Morgan fingerprint density at radius 1 is 1.25 bits per heavy atom. The van der Waals surface area contributed by atoms with Gasteiger partial charge in [0.25, 0.3) is 0 Å². The summed E-state index contributed by atoms with van der Waals surface area (Å²) in [4.78, 5) is 12.3. The zero-order chi connectivity index (χ0) is 20.5. The van der Waals surface area contributed by atoms with Crippen molar-refractivity contribution in [3.63, 3.8) is 0 Å². The number of alkyl halides is 3. The van der Waals surface area contributed by atoms with Crippen LogP contribution in [0.4, 0.5) is 13.2 Å². The van der Waals surface area contributed by atoms with Gasteiger partial charge >= 0.3 is 6.18 Å². The molecule has 0 fully saturated rings. The third kappa shape index (κ3) is 4.22. The quantitative estimate of drug-likeness (QED) is 0.645. The molecule has 0 saturated carbocycles. The van der Waals surface area contributed by atoms with Crippen molar-refractivity contribution < 1.29 is 21.6 Å². The molecule has 3 aromatic heterocycles. The third-order valence-corrected chi connectivity index (χ3v) is 5.78. The van der Waals surface area contributed by atoms with Crippen LogP contribution in [-0.2, 0) is 23.1 Å². The smallest absolute Gasteiger partial charge is 0.312 e. The summed E-state index contributed by atoms with van der Waals surface area (Å²) in [6.45, 7) is 1.53. The maximum absolute atomic E-state index is 13.0. The van der Waals surface area contributed by atoms with Crippen LogP contribution in [0.3, 0.4) is 0 Å².